The maximum Gasteiger partial charge on any atom is 0.231 e. The minimum atomic E-state index is 0.306. The lowest BCUT2D eigenvalue weighted by Gasteiger charge is -2.34. The zero-order valence-electron chi connectivity index (χ0n) is 10.4. The summed E-state index contributed by atoms with van der Waals surface area (Å²) in [6.45, 7) is 4.41. The van der Waals surface area contributed by atoms with Crippen LogP contribution in [0, 0.1) is 0 Å². The number of thiocarbonyl (C=S) groups is 1. The van der Waals surface area contributed by atoms with Crippen LogP contribution in [-0.4, -0.2) is 54.8 Å². The molecule has 1 aromatic carbocycles. The molecular formula is C13H16N2O2S. The van der Waals surface area contributed by atoms with Gasteiger partial charge in [0.2, 0.25) is 6.79 Å². The van der Waals surface area contributed by atoms with Crippen molar-refractivity contribution in [1.29, 1.82) is 0 Å². The first-order valence-electron chi connectivity index (χ1n) is 6.11. The van der Waals surface area contributed by atoms with Crippen molar-refractivity contribution in [2.45, 2.75) is 0 Å². The number of piperazine rings is 1. The van der Waals surface area contributed by atoms with Crippen LogP contribution in [0.5, 0.6) is 11.5 Å². The Kier molecular flexibility index (Phi) is 3.09. The molecule has 0 unspecified atom stereocenters. The van der Waals surface area contributed by atoms with E-state index in [1.807, 2.05) is 18.2 Å². The fourth-order valence-electron chi connectivity index (χ4n) is 2.22. The van der Waals surface area contributed by atoms with E-state index in [1.165, 1.54) is 0 Å². The van der Waals surface area contributed by atoms with E-state index in [1.54, 1.807) is 0 Å². The summed E-state index contributed by atoms with van der Waals surface area (Å²) < 4.78 is 10.7. The molecule has 1 fully saturated rings. The second kappa shape index (κ2) is 4.74. The van der Waals surface area contributed by atoms with Crippen molar-refractivity contribution in [2.24, 2.45) is 0 Å². The highest BCUT2D eigenvalue weighted by Gasteiger charge is 2.20. The Labute approximate surface area is 112 Å². The summed E-state index contributed by atoms with van der Waals surface area (Å²) in [5, 5.41) is 0. The van der Waals surface area contributed by atoms with Crippen LogP contribution >= 0.6 is 12.2 Å². The van der Waals surface area contributed by atoms with Gasteiger partial charge in [-0.3, -0.25) is 0 Å². The van der Waals surface area contributed by atoms with E-state index in [0.29, 0.717) is 6.79 Å². The average Bonchev–Trinajstić information content (AvgIpc) is 2.86. The number of nitrogens with zero attached hydrogens (tertiary/aromatic N) is 2. The average molecular weight is 264 g/mol. The molecule has 0 aliphatic carbocycles. The van der Waals surface area contributed by atoms with E-state index in [0.717, 1.165) is 48.2 Å². The Morgan fingerprint density at radius 3 is 2.61 bits per heavy atom. The van der Waals surface area contributed by atoms with Gasteiger partial charge in [0.25, 0.3) is 0 Å². The van der Waals surface area contributed by atoms with Crippen LogP contribution in [0.25, 0.3) is 0 Å². The fourth-order valence-corrected chi connectivity index (χ4v) is 2.53. The second-order valence-corrected chi connectivity index (χ2v) is 5.05. The van der Waals surface area contributed by atoms with Gasteiger partial charge in [-0.15, -0.1) is 0 Å². The molecule has 18 heavy (non-hydrogen) atoms. The van der Waals surface area contributed by atoms with Gasteiger partial charge < -0.3 is 19.3 Å². The normalized spacial score (nSPS) is 19.1. The van der Waals surface area contributed by atoms with Crippen molar-refractivity contribution >= 4 is 17.2 Å². The number of fused-ring (bicyclic) bond motifs is 1. The van der Waals surface area contributed by atoms with Gasteiger partial charge in [-0.05, 0) is 25.2 Å². The fraction of sp³-hybridized carbons (Fsp3) is 0.462. The Balaban J connectivity index is 1.76. The molecule has 3 rings (SSSR count). The van der Waals surface area contributed by atoms with Gasteiger partial charge in [0.05, 0.1) is 0 Å². The Hall–Kier alpha value is -1.33. The van der Waals surface area contributed by atoms with E-state index in [4.69, 9.17) is 21.7 Å². The van der Waals surface area contributed by atoms with E-state index >= 15 is 0 Å². The molecule has 1 saturated heterocycles. The van der Waals surface area contributed by atoms with Crippen LogP contribution in [0.1, 0.15) is 5.56 Å². The molecule has 0 radical (unpaired) electrons. The number of hydrogen-bond acceptors (Lipinski definition) is 4. The van der Waals surface area contributed by atoms with Crippen LogP contribution < -0.4 is 9.47 Å². The van der Waals surface area contributed by atoms with E-state index in [-0.39, 0.29) is 0 Å². The number of ether oxygens (including phenoxy) is 2. The third kappa shape index (κ3) is 2.15. The Morgan fingerprint density at radius 1 is 1.11 bits per heavy atom. The SMILES string of the molecule is CN1CCN(C(=S)c2ccc3c(c2)OCO3)CC1. The lowest BCUT2D eigenvalue weighted by molar-refractivity contribution is 0.174. The van der Waals surface area contributed by atoms with Crippen LogP contribution in [0.2, 0.25) is 0 Å². The van der Waals surface area contributed by atoms with Gasteiger partial charge in [-0.2, -0.15) is 0 Å². The number of likely N-dealkylation sites (N-methyl/N-ethyl adjacent to an activating group) is 1. The number of rotatable bonds is 1. The highest BCUT2D eigenvalue weighted by Crippen LogP contribution is 2.33. The molecule has 1 aromatic rings. The zero-order valence-corrected chi connectivity index (χ0v) is 11.2. The highest BCUT2D eigenvalue weighted by molar-refractivity contribution is 7.80. The molecule has 2 aliphatic heterocycles. The summed E-state index contributed by atoms with van der Waals surface area (Å²) in [5.41, 5.74) is 1.04. The van der Waals surface area contributed by atoms with E-state index in [2.05, 4.69) is 16.8 Å². The summed E-state index contributed by atoms with van der Waals surface area (Å²) in [6, 6.07) is 5.91. The van der Waals surface area contributed by atoms with Gasteiger partial charge in [-0.1, -0.05) is 12.2 Å². The molecule has 2 heterocycles. The van der Waals surface area contributed by atoms with Crippen LogP contribution in [-0.2, 0) is 0 Å². The maximum absolute atomic E-state index is 5.56. The second-order valence-electron chi connectivity index (χ2n) is 4.66. The maximum atomic E-state index is 5.56. The van der Waals surface area contributed by atoms with E-state index in [9.17, 15) is 0 Å². The molecule has 5 heteroatoms. The van der Waals surface area contributed by atoms with Crippen molar-refractivity contribution in [3.63, 3.8) is 0 Å². The smallest absolute Gasteiger partial charge is 0.231 e. The summed E-state index contributed by atoms with van der Waals surface area (Å²) in [4.78, 5) is 5.48. The molecule has 2 aliphatic rings. The summed E-state index contributed by atoms with van der Waals surface area (Å²) in [7, 11) is 2.14. The molecule has 4 nitrogen and oxygen atoms in total. The molecule has 0 aromatic heterocycles. The molecule has 0 N–H and O–H groups in total. The minimum Gasteiger partial charge on any atom is -0.454 e. The monoisotopic (exact) mass is 264 g/mol. The van der Waals surface area contributed by atoms with Crippen molar-refractivity contribution < 1.29 is 9.47 Å². The summed E-state index contributed by atoms with van der Waals surface area (Å²) >= 11 is 5.56. The van der Waals surface area contributed by atoms with Crippen molar-refractivity contribution in [2.75, 3.05) is 40.0 Å². The topological polar surface area (TPSA) is 24.9 Å². The lowest BCUT2D eigenvalue weighted by Crippen LogP contribution is -2.46. The number of hydrogen-bond donors (Lipinski definition) is 0. The number of benzene rings is 1. The predicted octanol–water partition coefficient (Wildman–Crippen LogP) is 1.34. The molecule has 0 saturated carbocycles. The first kappa shape index (κ1) is 11.7. The molecular weight excluding hydrogens is 248 g/mol. The molecule has 0 amide bonds. The third-order valence-electron chi connectivity index (χ3n) is 3.41. The van der Waals surface area contributed by atoms with Gasteiger partial charge >= 0.3 is 0 Å². The summed E-state index contributed by atoms with van der Waals surface area (Å²) in [6.07, 6.45) is 0. The van der Waals surface area contributed by atoms with Gasteiger partial charge in [0, 0.05) is 31.7 Å². The van der Waals surface area contributed by atoms with Crippen LogP contribution in [0.3, 0.4) is 0 Å². The molecule has 0 bridgehead atoms. The third-order valence-corrected chi connectivity index (χ3v) is 3.90. The van der Waals surface area contributed by atoms with Crippen molar-refractivity contribution in [1.82, 2.24) is 9.80 Å². The van der Waals surface area contributed by atoms with Gasteiger partial charge in [0.15, 0.2) is 11.5 Å². The minimum absolute atomic E-state index is 0.306. The van der Waals surface area contributed by atoms with Crippen LogP contribution in [0.15, 0.2) is 18.2 Å². The van der Waals surface area contributed by atoms with Crippen LogP contribution in [0.4, 0.5) is 0 Å². The van der Waals surface area contributed by atoms with Gasteiger partial charge in [0.1, 0.15) is 4.99 Å². The Bertz CT molecular complexity index is 470. The van der Waals surface area contributed by atoms with Crippen molar-refractivity contribution in [3.8, 4) is 11.5 Å². The first-order valence-corrected chi connectivity index (χ1v) is 6.52. The standard InChI is InChI=1S/C13H16N2O2S/c1-14-4-6-15(7-5-14)13(18)10-2-3-11-12(8-10)17-9-16-11/h2-3,8H,4-7,9H2,1H3. The lowest BCUT2D eigenvalue weighted by atomic mass is 10.1. The quantitative estimate of drug-likeness (QED) is 0.713. The Morgan fingerprint density at radius 2 is 1.83 bits per heavy atom. The molecule has 0 spiro atoms. The van der Waals surface area contributed by atoms with Crippen molar-refractivity contribution in [3.05, 3.63) is 23.8 Å². The summed E-state index contributed by atoms with van der Waals surface area (Å²) in [5.74, 6) is 1.60. The van der Waals surface area contributed by atoms with E-state index < -0.39 is 0 Å². The highest BCUT2D eigenvalue weighted by atomic mass is 32.1. The zero-order chi connectivity index (χ0) is 12.5. The first-order chi connectivity index (χ1) is 8.74. The molecule has 0 atom stereocenters. The largest absolute Gasteiger partial charge is 0.454 e. The molecule has 96 valence electrons. The predicted molar refractivity (Wildman–Crippen MR) is 73.3 cm³/mol. The van der Waals surface area contributed by atoms with Gasteiger partial charge in [-0.25, -0.2) is 0 Å².